The van der Waals surface area contributed by atoms with E-state index in [1.165, 1.54) is 32.4 Å². The van der Waals surface area contributed by atoms with Gasteiger partial charge in [-0.1, -0.05) is 13.8 Å². The van der Waals surface area contributed by atoms with Crippen molar-refractivity contribution in [2.24, 2.45) is 11.8 Å². The van der Waals surface area contributed by atoms with Gasteiger partial charge in [-0.25, -0.2) is 0 Å². The average Bonchev–Trinajstić information content (AvgIpc) is 2.13. The van der Waals surface area contributed by atoms with Gasteiger partial charge in [0.25, 0.3) is 0 Å². The summed E-state index contributed by atoms with van der Waals surface area (Å²) in [5.74, 6) is 1.88. The summed E-state index contributed by atoms with van der Waals surface area (Å²) in [5.41, 5.74) is 0. The van der Waals surface area contributed by atoms with Crippen molar-refractivity contribution in [2.75, 3.05) is 20.1 Å². The molecule has 1 fully saturated rings. The zero-order valence-corrected chi connectivity index (χ0v) is 8.14. The quantitative estimate of drug-likeness (QED) is 0.562. The van der Waals surface area contributed by atoms with E-state index in [0.29, 0.717) is 0 Å². The Balaban J connectivity index is 2.34. The smallest absolute Gasteiger partial charge is 0.00190 e. The molecule has 0 bridgehead atoms. The van der Waals surface area contributed by atoms with Gasteiger partial charge in [-0.05, 0) is 51.2 Å². The second-order valence-electron chi connectivity index (χ2n) is 4.24. The van der Waals surface area contributed by atoms with Crippen LogP contribution in [0.25, 0.3) is 0 Å². The predicted molar refractivity (Wildman–Crippen MR) is 49.7 cm³/mol. The highest BCUT2D eigenvalue weighted by Gasteiger charge is 2.16. The van der Waals surface area contributed by atoms with Crippen LogP contribution in [0.5, 0.6) is 0 Å². The Labute approximate surface area is 70.8 Å². The van der Waals surface area contributed by atoms with E-state index in [9.17, 15) is 0 Å². The van der Waals surface area contributed by atoms with Crippen LogP contribution in [0.3, 0.4) is 0 Å². The maximum atomic E-state index is 2.46. The average molecular weight is 155 g/mol. The molecule has 1 atom stereocenters. The van der Waals surface area contributed by atoms with Crippen LogP contribution < -0.4 is 0 Å². The van der Waals surface area contributed by atoms with Gasteiger partial charge in [0.15, 0.2) is 0 Å². The Morgan fingerprint density at radius 3 is 2.55 bits per heavy atom. The van der Waals surface area contributed by atoms with Crippen molar-refractivity contribution < 1.29 is 0 Å². The SMILES string of the molecule is CC(C)C1CCCN(C)CC1. The summed E-state index contributed by atoms with van der Waals surface area (Å²) in [6.45, 7) is 7.33. The minimum absolute atomic E-state index is 0.890. The fourth-order valence-electron chi connectivity index (χ4n) is 1.93. The molecule has 0 amide bonds. The van der Waals surface area contributed by atoms with Gasteiger partial charge in [-0.15, -0.1) is 0 Å². The number of hydrogen-bond donors (Lipinski definition) is 0. The molecule has 1 nitrogen and oxygen atoms in total. The van der Waals surface area contributed by atoms with Crippen LogP contribution in [0.4, 0.5) is 0 Å². The molecule has 1 aliphatic heterocycles. The van der Waals surface area contributed by atoms with Crippen LogP contribution in [-0.4, -0.2) is 25.0 Å². The second kappa shape index (κ2) is 4.10. The number of likely N-dealkylation sites (tertiary alicyclic amines) is 1. The first-order chi connectivity index (χ1) is 5.20. The second-order valence-corrected chi connectivity index (χ2v) is 4.24. The fourth-order valence-corrected chi connectivity index (χ4v) is 1.93. The monoisotopic (exact) mass is 155 g/mol. The van der Waals surface area contributed by atoms with Crippen LogP contribution in [0.1, 0.15) is 33.1 Å². The minimum atomic E-state index is 0.890. The predicted octanol–water partition coefficient (Wildman–Crippen LogP) is 2.37. The van der Waals surface area contributed by atoms with Crippen LogP contribution in [0.2, 0.25) is 0 Å². The van der Waals surface area contributed by atoms with Crippen molar-refractivity contribution in [3.8, 4) is 0 Å². The summed E-state index contributed by atoms with van der Waals surface area (Å²) in [6, 6.07) is 0. The maximum absolute atomic E-state index is 2.46. The first kappa shape index (κ1) is 9.05. The molecule has 0 aliphatic carbocycles. The lowest BCUT2D eigenvalue weighted by Gasteiger charge is -2.18. The third kappa shape index (κ3) is 2.82. The highest BCUT2D eigenvalue weighted by atomic mass is 15.1. The lowest BCUT2D eigenvalue weighted by atomic mass is 9.89. The highest BCUT2D eigenvalue weighted by molar-refractivity contribution is 4.69. The molecule has 1 aliphatic rings. The largest absolute Gasteiger partial charge is 0.306 e. The van der Waals surface area contributed by atoms with Crippen molar-refractivity contribution in [2.45, 2.75) is 33.1 Å². The first-order valence-corrected chi connectivity index (χ1v) is 4.88. The van der Waals surface area contributed by atoms with E-state index in [4.69, 9.17) is 0 Å². The van der Waals surface area contributed by atoms with E-state index in [0.717, 1.165) is 11.8 Å². The minimum Gasteiger partial charge on any atom is -0.306 e. The zero-order chi connectivity index (χ0) is 8.27. The number of hydrogen-bond acceptors (Lipinski definition) is 1. The Morgan fingerprint density at radius 2 is 1.91 bits per heavy atom. The summed E-state index contributed by atoms with van der Waals surface area (Å²) in [6.07, 6.45) is 4.26. The van der Waals surface area contributed by atoms with Gasteiger partial charge in [0.05, 0.1) is 0 Å². The molecular formula is C10H21N. The van der Waals surface area contributed by atoms with Gasteiger partial charge in [-0.2, -0.15) is 0 Å². The molecule has 0 aromatic heterocycles. The topological polar surface area (TPSA) is 3.24 Å². The Kier molecular flexibility index (Phi) is 3.38. The lowest BCUT2D eigenvalue weighted by molar-refractivity contribution is 0.316. The number of rotatable bonds is 1. The third-order valence-corrected chi connectivity index (χ3v) is 2.94. The van der Waals surface area contributed by atoms with E-state index in [1.807, 2.05) is 0 Å². The fraction of sp³-hybridized carbons (Fsp3) is 1.00. The molecule has 0 aromatic rings. The number of nitrogens with zero attached hydrogens (tertiary/aromatic N) is 1. The van der Waals surface area contributed by atoms with Crippen molar-refractivity contribution in [3.05, 3.63) is 0 Å². The molecule has 66 valence electrons. The summed E-state index contributed by atoms with van der Waals surface area (Å²) < 4.78 is 0. The van der Waals surface area contributed by atoms with E-state index < -0.39 is 0 Å². The Bertz CT molecular complexity index is 109. The third-order valence-electron chi connectivity index (χ3n) is 2.94. The van der Waals surface area contributed by atoms with E-state index in [1.54, 1.807) is 0 Å². The Hall–Kier alpha value is -0.0400. The standard InChI is InChI=1S/C10H21N/c1-9(2)10-5-4-7-11(3)8-6-10/h9-10H,4-8H2,1-3H3. The van der Waals surface area contributed by atoms with Gasteiger partial charge < -0.3 is 4.90 Å². The van der Waals surface area contributed by atoms with Crippen molar-refractivity contribution in [1.82, 2.24) is 4.90 Å². The maximum Gasteiger partial charge on any atom is -0.00190 e. The lowest BCUT2D eigenvalue weighted by Crippen LogP contribution is -2.19. The molecule has 0 spiro atoms. The molecule has 1 saturated heterocycles. The zero-order valence-electron chi connectivity index (χ0n) is 8.14. The molecule has 1 rings (SSSR count). The summed E-state index contributed by atoms with van der Waals surface area (Å²) in [4.78, 5) is 2.46. The normalized spacial score (nSPS) is 28.9. The summed E-state index contributed by atoms with van der Waals surface area (Å²) in [5, 5.41) is 0. The van der Waals surface area contributed by atoms with Crippen molar-refractivity contribution in [1.29, 1.82) is 0 Å². The van der Waals surface area contributed by atoms with Crippen molar-refractivity contribution >= 4 is 0 Å². The van der Waals surface area contributed by atoms with Gasteiger partial charge in [0.1, 0.15) is 0 Å². The molecular weight excluding hydrogens is 134 g/mol. The van der Waals surface area contributed by atoms with Crippen LogP contribution in [-0.2, 0) is 0 Å². The van der Waals surface area contributed by atoms with Gasteiger partial charge >= 0.3 is 0 Å². The van der Waals surface area contributed by atoms with Crippen LogP contribution in [0.15, 0.2) is 0 Å². The van der Waals surface area contributed by atoms with E-state index >= 15 is 0 Å². The van der Waals surface area contributed by atoms with Gasteiger partial charge in [0.2, 0.25) is 0 Å². The van der Waals surface area contributed by atoms with Gasteiger partial charge in [0, 0.05) is 0 Å². The molecule has 0 aromatic carbocycles. The van der Waals surface area contributed by atoms with Crippen LogP contribution >= 0.6 is 0 Å². The molecule has 0 saturated carbocycles. The molecule has 1 heterocycles. The van der Waals surface area contributed by atoms with E-state index in [-0.39, 0.29) is 0 Å². The van der Waals surface area contributed by atoms with Crippen molar-refractivity contribution in [3.63, 3.8) is 0 Å². The van der Waals surface area contributed by atoms with Crippen LogP contribution in [0, 0.1) is 11.8 Å². The highest BCUT2D eigenvalue weighted by Crippen LogP contribution is 2.23. The molecule has 0 radical (unpaired) electrons. The summed E-state index contributed by atoms with van der Waals surface area (Å²) in [7, 11) is 2.24. The first-order valence-electron chi connectivity index (χ1n) is 4.88. The molecule has 1 unspecified atom stereocenters. The van der Waals surface area contributed by atoms with Gasteiger partial charge in [-0.3, -0.25) is 0 Å². The molecule has 1 heteroatoms. The molecule has 0 N–H and O–H groups in total. The Morgan fingerprint density at radius 1 is 1.18 bits per heavy atom. The van der Waals surface area contributed by atoms with E-state index in [2.05, 4.69) is 25.8 Å². The summed E-state index contributed by atoms with van der Waals surface area (Å²) >= 11 is 0. The molecule has 11 heavy (non-hydrogen) atoms.